The topological polar surface area (TPSA) is 64.1 Å². The summed E-state index contributed by atoms with van der Waals surface area (Å²) in [5.74, 6) is 0.374. The third-order valence-corrected chi connectivity index (χ3v) is 2.05. The highest BCUT2D eigenvalue weighted by atomic mass is 79.9. The molecule has 5 nitrogen and oxygen atoms in total. The van der Waals surface area contributed by atoms with Gasteiger partial charge in [-0.3, -0.25) is 10.3 Å². The van der Waals surface area contributed by atoms with Crippen LogP contribution < -0.4 is 5.32 Å². The molecule has 1 amide bonds. The van der Waals surface area contributed by atoms with E-state index < -0.39 is 11.7 Å². The fourth-order valence-electron chi connectivity index (χ4n) is 0.897. The SMILES string of the molecule is CC.CC(C)(C)OC(=O)Nc1cnc(CBr)cn1. The number of amides is 1. The lowest BCUT2D eigenvalue weighted by Gasteiger charge is -2.19. The number of anilines is 1. The van der Waals surface area contributed by atoms with Crippen LogP contribution in [0.5, 0.6) is 0 Å². The van der Waals surface area contributed by atoms with Gasteiger partial charge < -0.3 is 4.74 Å². The summed E-state index contributed by atoms with van der Waals surface area (Å²) in [6.45, 7) is 9.39. The molecule has 1 rings (SSSR count). The maximum absolute atomic E-state index is 11.4. The Balaban J connectivity index is 0.00000137. The molecule has 0 saturated heterocycles. The zero-order valence-corrected chi connectivity index (χ0v) is 13.0. The molecule has 0 spiro atoms. The van der Waals surface area contributed by atoms with E-state index in [0.717, 1.165) is 5.69 Å². The number of hydrogen-bond acceptors (Lipinski definition) is 4. The van der Waals surface area contributed by atoms with Crippen LogP contribution in [0.15, 0.2) is 12.4 Å². The number of rotatable bonds is 2. The monoisotopic (exact) mass is 317 g/mol. The second kappa shape index (κ2) is 8.02. The lowest BCUT2D eigenvalue weighted by Crippen LogP contribution is -2.27. The van der Waals surface area contributed by atoms with E-state index in [9.17, 15) is 4.79 Å². The van der Waals surface area contributed by atoms with Gasteiger partial charge in [0.05, 0.1) is 18.1 Å². The highest BCUT2D eigenvalue weighted by molar-refractivity contribution is 9.08. The van der Waals surface area contributed by atoms with Crippen LogP contribution in [0.25, 0.3) is 0 Å². The molecule has 1 N–H and O–H groups in total. The molecular weight excluding hydrogens is 298 g/mol. The van der Waals surface area contributed by atoms with Crippen LogP contribution in [0.3, 0.4) is 0 Å². The number of carbonyl (C=O) groups is 1. The molecule has 18 heavy (non-hydrogen) atoms. The van der Waals surface area contributed by atoms with E-state index in [1.165, 1.54) is 6.20 Å². The molecule has 0 radical (unpaired) electrons. The van der Waals surface area contributed by atoms with Gasteiger partial charge in [-0.1, -0.05) is 29.8 Å². The van der Waals surface area contributed by atoms with Crippen molar-refractivity contribution in [2.75, 3.05) is 5.32 Å². The molecular formula is C12H20BrN3O2. The summed E-state index contributed by atoms with van der Waals surface area (Å²) >= 11 is 3.26. The van der Waals surface area contributed by atoms with Crippen molar-refractivity contribution in [3.63, 3.8) is 0 Å². The van der Waals surface area contributed by atoms with Crippen LogP contribution >= 0.6 is 15.9 Å². The molecule has 0 aliphatic heterocycles. The molecule has 6 heteroatoms. The average molecular weight is 318 g/mol. The lowest BCUT2D eigenvalue weighted by molar-refractivity contribution is 0.0635. The van der Waals surface area contributed by atoms with Crippen LogP contribution in [0.1, 0.15) is 40.3 Å². The molecule has 0 fully saturated rings. The Morgan fingerprint density at radius 2 is 1.94 bits per heavy atom. The largest absolute Gasteiger partial charge is 0.444 e. The minimum absolute atomic E-state index is 0.374. The van der Waals surface area contributed by atoms with Crippen molar-refractivity contribution < 1.29 is 9.53 Å². The second-order valence-corrected chi connectivity index (χ2v) is 4.71. The number of hydrogen-bond donors (Lipinski definition) is 1. The summed E-state index contributed by atoms with van der Waals surface area (Å²) in [5.41, 5.74) is 0.280. The first-order valence-corrected chi connectivity index (χ1v) is 6.90. The normalized spacial score (nSPS) is 10.1. The number of alkyl halides is 1. The van der Waals surface area contributed by atoms with Crippen LogP contribution in [-0.4, -0.2) is 21.7 Å². The lowest BCUT2D eigenvalue weighted by atomic mass is 10.2. The van der Waals surface area contributed by atoms with Gasteiger partial charge >= 0.3 is 6.09 Å². The van der Waals surface area contributed by atoms with E-state index in [-0.39, 0.29) is 0 Å². The molecule has 1 aromatic heterocycles. The van der Waals surface area contributed by atoms with Crippen molar-refractivity contribution in [3.05, 3.63) is 18.1 Å². The van der Waals surface area contributed by atoms with Gasteiger partial charge in [0, 0.05) is 5.33 Å². The molecule has 1 heterocycles. The number of carbonyl (C=O) groups excluding carboxylic acids is 1. The Bertz CT molecular complexity index is 361. The zero-order chi connectivity index (χ0) is 14.2. The van der Waals surface area contributed by atoms with Gasteiger partial charge in [0.25, 0.3) is 0 Å². The van der Waals surface area contributed by atoms with Gasteiger partial charge in [0.2, 0.25) is 0 Å². The number of nitrogens with one attached hydrogen (secondary N) is 1. The predicted octanol–water partition coefficient (Wildman–Crippen LogP) is 3.74. The van der Waals surface area contributed by atoms with Gasteiger partial charge in [-0.05, 0) is 20.8 Å². The second-order valence-electron chi connectivity index (χ2n) is 4.15. The minimum Gasteiger partial charge on any atom is -0.444 e. The summed E-state index contributed by atoms with van der Waals surface area (Å²) in [6, 6.07) is 0. The standard InChI is InChI=1S/C10H14BrN3O2.C2H6/c1-10(2,3)16-9(15)14-8-6-12-7(4-11)5-13-8;1-2/h5-6H,4H2,1-3H3,(H,13,14,15);1-2H3. The third-order valence-electron chi connectivity index (χ3n) is 1.47. The zero-order valence-electron chi connectivity index (χ0n) is 11.5. The first-order valence-electron chi connectivity index (χ1n) is 5.77. The van der Waals surface area contributed by atoms with Gasteiger partial charge in [-0.25, -0.2) is 9.78 Å². The van der Waals surface area contributed by atoms with Gasteiger partial charge in [0.1, 0.15) is 5.60 Å². The molecule has 0 bridgehead atoms. The quantitative estimate of drug-likeness (QED) is 0.844. The van der Waals surface area contributed by atoms with E-state index in [1.807, 2.05) is 13.8 Å². The molecule has 0 aliphatic carbocycles. The summed E-state index contributed by atoms with van der Waals surface area (Å²) < 4.78 is 5.07. The van der Waals surface area contributed by atoms with Crippen molar-refractivity contribution >= 4 is 27.8 Å². The fourth-order valence-corrected chi connectivity index (χ4v) is 1.19. The number of aromatic nitrogens is 2. The first kappa shape index (κ1) is 16.8. The molecule has 0 atom stereocenters. The van der Waals surface area contributed by atoms with Crippen LogP contribution in [-0.2, 0) is 10.1 Å². The Morgan fingerprint density at radius 1 is 1.33 bits per heavy atom. The van der Waals surface area contributed by atoms with E-state index in [2.05, 4.69) is 31.2 Å². The third kappa shape index (κ3) is 7.21. The maximum atomic E-state index is 11.4. The average Bonchev–Trinajstić information content (AvgIpc) is 2.30. The molecule has 0 aliphatic rings. The van der Waals surface area contributed by atoms with E-state index in [4.69, 9.17) is 4.74 Å². The molecule has 0 unspecified atom stereocenters. The van der Waals surface area contributed by atoms with Crippen LogP contribution in [0.4, 0.5) is 10.6 Å². The van der Waals surface area contributed by atoms with E-state index >= 15 is 0 Å². The molecule has 0 aromatic carbocycles. The van der Waals surface area contributed by atoms with Crippen molar-refractivity contribution in [3.8, 4) is 0 Å². The highest BCUT2D eigenvalue weighted by Crippen LogP contribution is 2.09. The van der Waals surface area contributed by atoms with Gasteiger partial charge in [-0.2, -0.15) is 0 Å². The van der Waals surface area contributed by atoms with Crippen molar-refractivity contribution in [2.24, 2.45) is 0 Å². The minimum atomic E-state index is -0.534. The number of ether oxygens (including phenoxy) is 1. The van der Waals surface area contributed by atoms with Crippen molar-refractivity contribution in [1.29, 1.82) is 0 Å². The fraction of sp³-hybridized carbons (Fsp3) is 0.583. The Hall–Kier alpha value is -1.17. The van der Waals surface area contributed by atoms with Gasteiger partial charge in [-0.15, -0.1) is 0 Å². The predicted molar refractivity (Wildman–Crippen MR) is 75.9 cm³/mol. The summed E-state index contributed by atoms with van der Waals surface area (Å²) in [5, 5.41) is 3.13. The molecule has 102 valence electrons. The number of halogens is 1. The summed E-state index contributed by atoms with van der Waals surface area (Å²) in [4.78, 5) is 19.5. The highest BCUT2D eigenvalue weighted by Gasteiger charge is 2.16. The summed E-state index contributed by atoms with van der Waals surface area (Å²) in [7, 11) is 0. The van der Waals surface area contributed by atoms with Crippen molar-refractivity contribution in [1.82, 2.24) is 9.97 Å². The molecule has 1 aromatic rings. The van der Waals surface area contributed by atoms with Gasteiger partial charge in [0.15, 0.2) is 5.82 Å². The van der Waals surface area contributed by atoms with Crippen molar-refractivity contribution in [2.45, 2.75) is 45.5 Å². The van der Waals surface area contributed by atoms with E-state index in [0.29, 0.717) is 11.1 Å². The Labute approximate surface area is 116 Å². The Morgan fingerprint density at radius 3 is 2.33 bits per heavy atom. The maximum Gasteiger partial charge on any atom is 0.413 e. The van der Waals surface area contributed by atoms with Crippen LogP contribution in [0, 0.1) is 0 Å². The smallest absolute Gasteiger partial charge is 0.413 e. The Kier molecular flexibility index (Phi) is 7.50. The van der Waals surface area contributed by atoms with E-state index in [1.54, 1.807) is 27.0 Å². The summed E-state index contributed by atoms with van der Waals surface area (Å²) in [6.07, 6.45) is 2.54. The van der Waals surface area contributed by atoms with Crippen LogP contribution in [0.2, 0.25) is 0 Å². The first-order chi connectivity index (χ1) is 8.40. The number of nitrogens with zero attached hydrogens (tertiary/aromatic N) is 2. The molecule has 0 saturated carbocycles.